The molecule has 0 saturated heterocycles. The summed E-state index contributed by atoms with van der Waals surface area (Å²) in [6, 6.07) is 11.2. The Bertz CT molecular complexity index is 331. The van der Waals surface area contributed by atoms with Gasteiger partial charge in [0.2, 0.25) is 8.32 Å². The summed E-state index contributed by atoms with van der Waals surface area (Å²) in [6.07, 6.45) is 0.317. The van der Waals surface area contributed by atoms with Crippen LogP contribution in [0.5, 0.6) is 0 Å². The van der Waals surface area contributed by atoms with Crippen molar-refractivity contribution in [3.8, 4) is 0 Å². The molecule has 1 heterocycles. The van der Waals surface area contributed by atoms with Crippen LogP contribution in [0.15, 0.2) is 24.3 Å². The number of fused-ring (bicyclic) bond motifs is 1. The molecule has 2 rings (SSSR count). The quantitative estimate of drug-likeness (QED) is 0.676. The summed E-state index contributed by atoms with van der Waals surface area (Å²) in [6.45, 7) is 6.72. The van der Waals surface area contributed by atoms with Crippen LogP contribution in [-0.4, -0.2) is 8.32 Å². The van der Waals surface area contributed by atoms with Crippen LogP contribution in [0, 0.1) is 0 Å². The molecular formula is C12H18OSi. The highest BCUT2D eigenvalue weighted by molar-refractivity contribution is 6.87. The number of hydrogen-bond donors (Lipinski definition) is 0. The van der Waals surface area contributed by atoms with Gasteiger partial charge in [-0.2, -0.15) is 0 Å². The van der Waals surface area contributed by atoms with Gasteiger partial charge in [0.1, 0.15) is 0 Å². The van der Waals surface area contributed by atoms with Crippen LogP contribution in [0.3, 0.4) is 0 Å². The lowest BCUT2D eigenvalue weighted by Gasteiger charge is -2.24. The summed E-state index contributed by atoms with van der Waals surface area (Å²) < 4.78 is 6.26. The fourth-order valence-corrected chi connectivity index (χ4v) is 6.27. The summed E-state index contributed by atoms with van der Waals surface area (Å²) in [5.74, 6) is 0. The van der Waals surface area contributed by atoms with Gasteiger partial charge in [-0.05, 0) is 29.8 Å². The van der Waals surface area contributed by atoms with Crippen molar-refractivity contribution in [2.24, 2.45) is 0 Å². The van der Waals surface area contributed by atoms with E-state index in [-0.39, 0.29) is 0 Å². The zero-order chi connectivity index (χ0) is 10.2. The van der Waals surface area contributed by atoms with Crippen molar-refractivity contribution in [3.63, 3.8) is 0 Å². The van der Waals surface area contributed by atoms with Gasteiger partial charge < -0.3 is 4.43 Å². The fourth-order valence-electron chi connectivity index (χ4n) is 2.53. The topological polar surface area (TPSA) is 9.23 Å². The van der Waals surface area contributed by atoms with Gasteiger partial charge in [0, 0.05) is 0 Å². The monoisotopic (exact) mass is 206 g/mol. The summed E-state index contributed by atoms with van der Waals surface area (Å²) >= 11 is 0. The Morgan fingerprint density at radius 3 is 2.50 bits per heavy atom. The van der Waals surface area contributed by atoms with Crippen LogP contribution in [0.25, 0.3) is 0 Å². The molecular weight excluding hydrogens is 188 g/mol. The minimum absolute atomic E-state index is 0.317. The molecule has 1 aliphatic heterocycles. The second-order valence-electron chi connectivity index (χ2n) is 4.05. The second kappa shape index (κ2) is 3.52. The Kier molecular flexibility index (Phi) is 2.50. The highest BCUT2D eigenvalue weighted by atomic mass is 28.4. The smallest absolute Gasteiger partial charge is 0.224 e. The molecule has 0 N–H and O–H groups in total. The molecule has 1 aliphatic rings. The molecule has 14 heavy (non-hydrogen) atoms. The van der Waals surface area contributed by atoms with Crippen LogP contribution in [0.1, 0.15) is 32.4 Å². The predicted octanol–water partition coefficient (Wildman–Crippen LogP) is 2.97. The van der Waals surface area contributed by atoms with Crippen molar-refractivity contribution >= 4 is 13.5 Å². The highest BCUT2D eigenvalue weighted by Crippen LogP contribution is 2.33. The fraction of sp³-hybridized carbons (Fsp3) is 0.500. The van der Waals surface area contributed by atoms with Crippen LogP contribution in [-0.2, 0) is 4.43 Å². The Labute approximate surface area is 87.2 Å². The molecule has 0 aliphatic carbocycles. The molecule has 1 atom stereocenters. The third-order valence-corrected chi connectivity index (χ3v) is 7.96. The molecule has 1 nitrogen and oxygen atoms in total. The van der Waals surface area contributed by atoms with Crippen LogP contribution < -0.4 is 5.19 Å². The van der Waals surface area contributed by atoms with Gasteiger partial charge in [-0.3, -0.25) is 0 Å². The maximum atomic E-state index is 6.26. The molecule has 0 spiro atoms. The third kappa shape index (κ3) is 1.25. The van der Waals surface area contributed by atoms with E-state index in [1.807, 2.05) is 0 Å². The molecule has 76 valence electrons. The lowest BCUT2D eigenvalue weighted by molar-refractivity contribution is 0.232. The van der Waals surface area contributed by atoms with E-state index >= 15 is 0 Å². The van der Waals surface area contributed by atoms with Crippen molar-refractivity contribution in [2.75, 3.05) is 0 Å². The Morgan fingerprint density at radius 1 is 1.21 bits per heavy atom. The maximum absolute atomic E-state index is 6.26. The van der Waals surface area contributed by atoms with Gasteiger partial charge in [-0.15, -0.1) is 0 Å². The van der Waals surface area contributed by atoms with Crippen molar-refractivity contribution in [1.29, 1.82) is 0 Å². The first-order valence-corrected chi connectivity index (χ1v) is 7.83. The molecule has 1 aromatic carbocycles. The Hall–Kier alpha value is -0.603. The van der Waals surface area contributed by atoms with Crippen molar-refractivity contribution in [1.82, 2.24) is 0 Å². The van der Waals surface area contributed by atoms with E-state index in [1.165, 1.54) is 22.8 Å². The van der Waals surface area contributed by atoms with E-state index in [1.54, 1.807) is 0 Å². The predicted molar refractivity (Wildman–Crippen MR) is 62.3 cm³/mol. The minimum atomic E-state index is -1.56. The lowest BCUT2D eigenvalue weighted by atomic mass is 10.1. The molecule has 0 radical (unpaired) electrons. The molecule has 0 bridgehead atoms. The molecule has 1 aromatic rings. The average molecular weight is 206 g/mol. The molecule has 0 aromatic heterocycles. The van der Waals surface area contributed by atoms with Crippen LogP contribution in [0.4, 0.5) is 0 Å². The SMILES string of the molecule is CC[Si]1(CC)O[C@@H](C)c2ccccc21. The Morgan fingerprint density at radius 2 is 1.86 bits per heavy atom. The van der Waals surface area contributed by atoms with Gasteiger partial charge in [-0.1, -0.05) is 38.1 Å². The van der Waals surface area contributed by atoms with E-state index in [9.17, 15) is 0 Å². The molecule has 0 fully saturated rings. The Balaban J connectivity index is 2.52. The molecule has 0 saturated carbocycles. The summed E-state index contributed by atoms with van der Waals surface area (Å²) in [7, 11) is -1.56. The molecule has 0 unspecified atom stereocenters. The van der Waals surface area contributed by atoms with E-state index in [0.717, 1.165) is 0 Å². The standard InChI is InChI=1S/C12H18OSi/c1-4-14(5-2)12-9-7-6-8-11(12)10(3)13-14/h6-10H,4-5H2,1-3H3/t10-/m0/s1. The zero-order valence-electron chi connectivity index (χ0n) is 9.21. The first kappa shape index (κ1) is 9.93. The normalized spacial score (nSPS) is 23.5. The van der Waals surface area contributed by atoms with Crippen LogP contribution in [0.2, 0.25) is 12.1 Å². The van der Waals surface area contributed by atoms with Gasteiger partial charge in [0.15, 0.2) is 0 Å². The summed E-state index contributed by atoms with van der Waals surface area (Å²) in [5.41, 5.74) is 1.43. The van der Waals surface area contributed by atoms with Gasteiger partial charge in [0.05, 0.1) is 6.10 Å². The molecule has 0 amide bonds. The minimum Gasteiger partial charge on any atom is -0.406 e. The van der Waals surface area contributed by atoms with Crippen molar-refractivity contribution in [3.05, 3.63) is 29.8 Å². The van der Waals surface area contributed by atoms with E-state index in [0.29, 0.717) is 6.10 Å². The summed E-state index contributed by atoms with van der Waals surface area (Å²) in [5, 5.41) is 1.54. The number of rotatable bonds is 2. The van der Waals surface area contributed by atoms with E-state index < -0.39 is 8.32 Å². The van der Waals surface area contributed by atoms with E-state index in [2.05, 4.69) is 45.0 Å². The third-order valence-electron chi connectivity index (χ3n) is 3.43. The maximum Gasteiger partial charge on any atom is 0.224 e. The lowest BCUT2D eigenvalue weighted by Crippen LogP contribution is -2.45. The van der Waals surface area contributed by atoms with Gasteiger partial charge in [-0.25, -0.2) is 0 Å². The van der Waals surface area contributed by atoms with Gasteiger partial charge in [0.25, 0.3) is 0 Å². The van der Waals surface area contributed by atoms with E-state index in [4.69, 9.17) is 4.43 Å². The van der Waals surface area contributed by atoms with Gasteiger partial charge >= 0.3 is 0 Å². The zero-order valence-corrected chi connectivity index (χ0v) is 10.2. The first-order chi connectivity index (χ1) is 6.73. The average Bonchev–Trinajstić information content (AvgIpc) is 2.53. The largest absolute Gasteiger partial charge is 0.406 e. The van der Waals surface area contributed by atoms with Crippen LogP contribution >= 0.6 is 0 Å². The summed E-state index contributed by atoms with van der Waals surface area (Å²) in [4.78, 5) is 0. The van der Waals surface area contributed by atoms with Crippen molar-refractivity contribution in [2.45, 2.75) is 39.0 Å². The van der Waals surface area contributed by atoms with Crippen molar-refractivity contribution < 1.29 is 4.43 Å². The first-order valence-electron chi connectivity index (χ1n) is 5.50. The number of hydrogen-bond acceptors (Lipinski definition) is 1. The second-order valence-corrected chi connectivity index (χ2v) is 8.23. The molecule has 2 heteroatoms. The highest BCUT2D eigenvalue weighted by Gasteiger charge is 2.43. The number of benzene rings is 1.